The summed E-state index contributed by atoms with van der Waals surface area (Å²) >= 11 is 0. The number of rotatable bonds is 6. The predicted molar refractivity (Wildman–Crippen MR) is 78.3 cm³/mol. The van der Waals surface area contributed by atoms with E-state index in [4.69, 9.17) is 4.74 Å². The van der Waals surface area contributed by atoms with Crippen LogP contribution in [0.5, 0.6) is 5.75 Å². The van der Waals surface area contributed by atoms with Crippen LogP contribution >= 0.6 is 0 Å². The van der Waals surface area contributed by atoms with Crippen molar-refractivity contribution < 1.29 is 14.6 Å². The van der Waals surface area contributed by atoms with E-state index in [2.05, 4.69) is 11.8 Å². The number of carbonyl (C=O) groups is 1. The topological polar surface area (TPSA) is 49.8 Å². The number of methoxy groups -OCH3 is 1. The summed E-state index contributed by atoms with van der Waals surface area (Å²) in [6.45, 7) is 3.98. The second-order valence-corrected chi connectivity index (χ2v) is 5.34. The highest BCUT2D eigenvalue weighted by Gasteiger charge is 2.22. The second kappa shape index (κ2) is 6.75. The van der Waals surface area contributed by atoms with Gasteiger partial charge in [0, 0.05) is 12.6 Å². The highest BCUT2D eigenvalue weighted by atomic mass is 16.5. The van der Waals surface area contributed by atoms with Gasteiger partial charge in [0.15, 0.2) is 0 Å². The smallest absolute Gasteiger partial charge is 0.339 e. The van der Waals surface area contributed by atoms with E-state index in [1.807, 2.05) is 6.07 Å². The summed E-state index contributed by atoms with van der Waals surface area (Å²) in [7, 11) is 1.50. The van der Waals surface area contributed by atoms with Crippen LogP contribution in [0.4, 0.5) is 0 Å². The van der Waals surface area contributed by atoms with Crippen LogP contribution in [0.25, 0.3) is 0 Å². The Hall–Kier alpha value is -1.55. The molecule has 0 aliphatic heterocycles. The number of carboxylic acids is 1. The molecule has 1 aromatic rings. The molecule has 0 atom stereocenters. The molecule has 2 rings (SSSR count). The molecule has 110 valence electrons. The van der Waals surface area contributed by atoms with Gasteiger partial charge in [-0.25, -0.2) is 4.79 Å². The molecule has 1 saturated carbocycles. The lowest BCUT2D eigenvalue weighted by atomic mass is 10.1. The molecule has 0 amide bonds. The zero-order valence-electron chi connectivity index (χ0n) is 12.3. The third-order valence-corrected chi connectivity index (χ3v) is 4.13. The molecule has 0 bridgehead atoms. The quantitative estimate of drug-likeness (QED) is 0.867. The Kier molecular flexibility index (Phi) is 5.01. The van der Waals surface area contributed by atoms with Crippen LogP contribution < -0.4 is 4.74 Å². The van der Waals surface area contributed by atoms with Gasteiger partial charge in [0.25, 0.3) is 0 Å². The van der Waals surface area contributed by atoms with Crippen molar-refractivity contribution in [3.05, 3.63) is 29.3 Å². The summed E-state index contributed by atoms with van der Waals surface area (Å²) < 4.78 is 5.10. The molecule has 1 N–H and O–H groups in total. The van der Waals surface area contributed by atoms with Gasteiger partial charge in [-0.2, -0.15) is 0 Å². The average Bonchev–Trinajstić information content (AvgIpc) is 2.98. The number of carboxylic acid groups (broad SMARTS) is 1. The fourth-order valence-electron chi connectivity index (χ4n) is 3.02. The van der Waals surface area contributed by atoms with E-state index in [1.165, 1.54) is 32.8 Å². The van der Waals surface area contributed by atoms with E-state index in [0.29, 0.717) is 11.8 Å². The third-order valence-electron chi connectivity index (χ3n) is 4.13. The molecule has 0 heterocycles. The minimum absolute atomic E-state index is 0.243. The van der Waals surface area contributed by atoms with Crippen LogP contribution in [0.15, 0.2) is 18.2 Å². The second-order valence-electron chi connectivity index (χ2n) is 5.34. The summed E-state index contributed by atoms with van der Waals surface area (Å²) in [4.78, 5) is 13.7. The first kappa shape index (κ1) is 14.9. The number of ether oxygens (including phenoxy) is 1. The van der Waals surface area contributed by atoms with Crippen molar-refractivity contribution in [1.29, 1.82) is 0 Å². The predicted octanol–water partition coefficient (Wildman–Crippen LogP) is 3.16. The molecule has 0 spiro atoms. The van der Waals surface area contributed by atoms with Gasteiger partial charge in [-0.1, -0.05) is 25.8 Å². The maximum atomic E-state index is 11.3. The Morgan fingerprint density at radius 3 is 2.65 bits per heavy atom. The van der Waals surface area contributed by atoms with Crippen LogP contribution in [0, 0.1) is 0 Å². The van der Waals surface area contributed by atoms with Crippen LogP contribution in [-0.2, 0) is 6.54 Å². The Labute approximate surface area is 120 Å². The van der Waals surface area contributed by atoms with Crippen molar-refractivity contribution in [2.45, 2.75) is 45.2 Å². The lowest BCUT2D eigenvalue weighted by Gasteiger charge is -2.27. The highest BCUT2D eigenvalue weighted by Crippen LogP contribution is 2.26. The van der Waals surface area contributed by atoms with Gasteiger partial charge in [-0.15, -0.1) is 0 Å². The molecule has 1 aromatic carbocycles. The largest absolute Gasteiger partial charge is 0.496 e. The van der Waals surface area contributed by atoms with Crippen LogP contribution in [0.2, 0.25) is 0 Å². The standard InChI is InChI=1S/C16H23NO3/c1-3-17(13-6-4-5-7-13)11-12-8-9-15(20-2)14(10-12)16(18)19/h8-10,13H,3-7,11H2,1-2H3,(H,18,19). The zero-order valence-corrected chi connectivity index (χ0v) is 12.3. The lowest BCUT2D eigenvalue weighted by molar-refractivity contribution is 0.0693. The Bertz CT molecular complexity index is 467. The minimum Gasteiger partial charge on any atom is -0.496 e. The molecular formula is C16H23NO3. The van der Waals surface area contributed by atoms with E-state index in [0.717, 1.165) is 18.7 Å². The summed E-state index contributed by atoms with van der Waals surface area (Å²) in [5.41, 5.74) is 1.28. The maximum Gasteiger partial charge on any atom is 0.339 e. The number of hydrogen-bond donors (Lipinski definition) is 1. The number of hydrogen-bond acceptors (Lipinski definition) is 3. The Morgan fingerprint density at radius 2 is 2.10 bits per heavy atom. The van der Waals surface area contributed by atoms with Crippen molar-refractivity contribution >= 4 is 5.97 Å². The van der Waals surface area contributed by atoms with Crippen LogP contribution in [0.1, 0.15) is 48.5 Å². The van der Waals surface area contributed by atoms with Crippen LogP contribution in [-0.4, -0.2) is 35.7 Å². The monoisotopic (exact) mass is 277 g/mol. The summed E-state index contributed by atoms with van der Waals surface area (Å²) in [6, 6.07) is 6.10. The van der Waals surface area contributed by atoms with Gasteiger partial charge in [0.2, 0.25) is 0 Å². The van der Waals surface area contributed by atoms with E-state index in [9.17, 15) is 9.90 Å². The van der Waals surface area contributed by atoms with Gasteiger partial charge in [0.05, 0.1) is 7.11 Å². The highest BCUT2D eigenvalue weighted by molar-refractivity contribution is 5.91. The first-order valence-electron chi connectivity index (χ1n) is 7.30. The molecule has 4 nitrogen and oxygen atoms in total. The summed E-state index contributed by atoms with van der Waals surface area (Å²) in [5, 5.41) is 9.23. The molecule has 4 heteroatoms. The number of nitrogens with zero attached hydrogens (tertiary/aromatic N) is 1. The third kappa shape index (κ3) is 3.31. The Balaban J connectivity index is 2.15. The molecule has 0 saturated heterocycles. The number of aromatic carboxylic acids is 1. The van der Waals surface area contributed by atoms with E-state index >= 15 is 0 Å². The summed E-state index contributed by atoms with van der Waals surface area (Å²) in [5.74, 6) is -0.516. The summed E-state index contributed by atoms with van der Waals surface area (Å²) in [6.07, 6.45) is 5.14. The maximum absolute atomic E-state index is 11.3. The lowest BCUT2D eigenvalue weighted by Crippen LogP contribution is -2.32. The normalized spacial score (nSPS) is 15.8. The van der Waals surface area contributed by atoms with Crippen molar-refractivity contribution in [3.8, 4) is 5.75 Å². The van der Waals surface area contributed by atoms with Crippen molar-refractivity contribution in [3.63, 3.8) is 0 Å². The van der Waals surface area contributed by atoms with Gasteiger partial charge >= 0.3 is 5.97 Å². The van der Waals surface area contributed by atoms with E-state index in [-0.39, 0.29) is 5.56 Å². The van der Waals surface area contributed by atoms with Crippen LogP contribution in [0.3, 0.4) is 0 Å². The minimum atomic E-state index is -0.937. The fraction of sp³-hybridized carbons (Fsp3) is 0.562. The first-order chi connectivity index (χ1) is 9.65. The fourth-order valence-corrected chi connectivity index (χ4v) is 3.02. The molecule has 1 aliphatic carbocycles. The SMILES string of the molecule is CCN(Cc1ccc(OC)c(C(=O)O)c1)C1CCCC1. The van der Waals surface area contributed by atoms with E-state index < -0.39 is 5.97 Å². The molecule has 0 unspecified atom stereocenters. The molecule has 0 radical (unpaired) electrons. The molecular weight excluding hydrogens is 254 g/mol. The molecule has 0 aromatic heterocycles. The first-order valence-corrected chi connectivity index (χ1v) is 7.30. The van der Waals surface area contributed by atoms with Gasteiger partial charge in [-0.05, 0) is 37.1 Å². The zero-order chi connectivity index (χ0) is 14.5. The van der Waals surface area contributed by atoms with Crippen molar-refractivity contribution in [2.24, 2.45) is 0 Å². The van der Waals surface area contributed by atoms with Gasteiger partial charge in [-0.3, -0.25) is 4.90 Å². The van der Waals surface area contributed by atoms with E-state index in [1.54, 1.807) is 12.1 Å². The van der Waals surface area contributed by atoms with Gasteiger partial charge in [0.1, 0.15) is 11.3 Å². The molecule has 20 heavy (non-hydrogen) atoms. The average molecular weight is 277 g/mol. The molecule has 1 fully saturated rings. The van der Waals surface area contributed by atoms with Crippen molar-refractivity contribution in [1.82, 2.24) is 4.90 Å². The molecule has 1 aliphatic rings. The van der Waals surface area contributed by atoms with Crippen molar-refractivity contribution in [2.75, 3.05) is 13.7 Å². The Morgan fingerprint density at radius 1 is 1.40 bits per heavy atom. The van der Waals surface area contributed by atoms with Gasteiger partial charge < -0.3 is 9.84 Å². The number of benzene rings is 1.